The molecule has 0 saturated heterocycles. The standard InChI is InChI=1S/C15H21N5O/c1-9-5-10(2)14(11(3)6-9)18-15(21)12(4)20-13(7-16)8-17-19-20/h5-6,8,12H,7,16H2,1-4H3,(H,18,21). The van der Waals surface area contributed by atoms with E-state index in [2.05, 4.69) is 15.6 Å². The first-order valence-corrected chi connectivity index (χ1v) is 6.92. The first kappa shape index (κ1) is 15.2. The number of anilines is 1. The van der Waals surface area contributed by atoms with Crippen LogP contribution >= 0.6 is 0 Å². The molecule has 0 saturated carbocycles. The molecule has 3 N–H and O–H groups in total. The average molecular weight is 287 g/mol. The number of hydrogen-bond donors (Lipinski definition) is 2. The fourth-order valence-electron chi connectivity index (χ4n) is 2.45. The van der Waals surface area contributed by atoms with Gasteiger partial charge in [-0.1, -0.05) is 22.9 Å². The molecule has 6 nitrogen and oxygen atoms in total. The second-order valence-corrected chi connectivity index (χ2v) is 5.31. The predicted molar refractivity (Wildman–Crippen MR) is 81.9 cm³/mol. The Hall–Kier alpha value is -2.21. The predicted octanol–water partition coefficient (Wildman–Crippen LogP) is 1.86. The molecular formula is C15H21N5O. The third-order valence-corrected chi connectivity index (χ3v) is 3.53. The number of nitrogens with two attached hydrogens (primary N) is 1. The van der Waals surface area contributed by atoms with Gasteiger partial charge in [-0.25, -0.2) is 4.68 Å². The summed E-state index contributed by atoms with van der Waals surface area (Å²) in [6.45, 7) is 8.09. The highest BCUT2D eigenvalue weighted by Crippen LogP contribution is 2.23. The molecule has 2 rings (SSSR count). The maximum atomic E-state index is 12.4. The molecule has 1 heterocycles. The number of hydrogen-bond acceptors (Lipinski definition) is 4. The van der Waals surface area contributed by atoms with Crippen molar-refractivity contribution in [2.75, 3.05) is 5.32 Å². The summed E-state index contributed by atoms with van der Waals surface area (Å²) in [6, 6.07) is 3.63. The molecule has 0 aliphatic rings. The van der Waals surface area contributed by atoms with E-state index in [1.54, 1.807) is 17.8 Å². The third kappa shape index (κ3) is 3.11. The lowest BCUT2D eigenvalue weighted by Crippen LogP contribution is -2.27. The summed E-state index contributed by atoms with van der Waals surface area (Å²) in [4.78, 5) is 12.4. The zero-order chi connectivity index (χ0) is 15.6. The van der Waals surface area contributed by atoms with E-state index in [9.17, 15) is 4.79 Å². The molecule has 1 unspecified atom stereocenters. The Bertz CT molecular complexity index is 639. The van der Waals surface area contributed by atoms with Crippen molar-refractivity contribution < 1.29 is 4.79 Å². The number of aryl methyl sites for hydroxylation is 3. The highest BCUT2D eigenvalue weighted by Gasteiger charge is 2.19. The monoisotopic (exact) mass is 287 g/mol. The summed E-state index contributed by atoms with van der Waals surface area (Å²) < 4.78 is 1.55. The summed E-state index contributed by atoms with van der Waals surface area (Å²) in [5, 5.41) is 10.7. The van der Waals surface area contributed by atoms with Gasteiger partial charge in [0.1, 0.15) is 6.04 Å². The maximum Gasteiger partial charge on any atom is 0.249 e. The molecule has 1 atom stereocenters. The Labute approximate surface area is 124 Å². The number of aromatic nitrogens is 3. The summed E-state index contributed by atoms with van der Waals surface area (Å²) >= 11 is 0. The number of nitrogens with zero attached hydrogens (tertiary/aromatic N) is 3. The zero-order valence-electron chi connectivity index (χ0n) is 12.8. The lowest BCUT2D eigenvalue weighted by molar-refractivity contribution is -0.119. The van der Waals surface area contributed by atoms with Crippen molar-refractivity contribution in [2.45, 2.75) is 40.3 Å². The van der Waals surface area contributed by atoms with Gasteiger partial charge in [-0.3, -0.25) is 4.79 Å². The van der Waals surface area contributed by atoms with Gasteiger partial charge in [0.2, 0.25) is 5.91 Å². The molecular weight excluding hydrogens is 266 g/mol. The molecule has 1 aromatic heterocycles. The van der Waals surface area contributed by atoms with Crippen molar-refractivity contribution in [3.05, 3.63) is 40.7 Å². The van der Waals surface area contributed by atoms with Crippen molar-refractivity contribution in [2.24, 2.45) is 5.73 Å². The van der Waals surface area contributed by atoms with Crippen molar-refractivity contribution >= 4 is 11.6 Å². The number of nitrogens with one attached hydrogen (secondary N) is 1. The SMILES string of the molecule is Cc1cc(C)c(NC(=O)C(C)n2nncc2CN)c(C)c1. The van der Waals surface area contributed by atoms with E-state index in [1.807, 2.05) is 32.9 Å². The molecule has 0 radical (unpaired) electrons. The Morgan fingerprint density at radius 3 is 2.52 bits per heavy atom. The van der Waals surface area contributed by atoms with E-state index >= 15 is 0 Å². The molecule has 6 heteroatoms. The second kappa shape index (κ2) is 6.05. The van der Waals surface area contributed by atoms with E-state index in [0.717, 1.165) is 22.5 Å². The van der Waals surface area contributed by atoms with Gasteiger partial charge in [-0.15, -0.1) is 5.10 Å². The molecule has 0 bridgehead atoms. The Morgan fingerprint density at radius 1 is 1.33 bits per heavy atom. The average Bonchev–Trinajstić information content (AvgIpc) is 2.89. The van der Waals surface area contributed by atoms with Crippen LogP contribution in [0.1, 0.15) is 35.3 Å². The molecule has 1 amide bonds. The molecule has 21 heavy (non-hydrogen) atoms. The van der Waals surface area contributed by atoms with Gasteiger partial charge in [0.05, 0.1) is 11.9 Å². The van der Waals surface area contributed by atoms with Gasteiger partial charge < -0.3 is 11.1 Å². The Kier molecular flexibility index (Phi) is 4.37. The molecule has 0 spiro atoms. The summed E-state index contributed by atoms with van der Waals surface area (Å²) in [5.41, 5.74) is 10.5. The van der Waals surface area contributed by atoms with Gasteiger partial charge in [0.15, 0.2) is 0 Å². The van der Waals surface area contributed by atoms with Gasteiger partial charge >= 0.3 is 0 Å². The molecule has 0 fully saturated rings. The fourth-order valence-corrected chi connectivity index (χ4v) is 2.45. The van der Waals surface area contributed by atoms with Crippen LogP contribution in [0.15, 0.2) is 18.3 Å². The van der Waals surface area contributed by atoms with Crippen LogP contribution in [0.4, 0.5) is 5.69 Å². The normalized spacial score (nSPS) is 12.2. The number of amides is 1. The molecule has 0 aliphatic heterocycles. The van der Waals surface area contributed by atoms with Crippen LogP contribution in [-0.4, -0.2) is 20.9 Å². The van der Waals surface area contributed by atoms with Crippen LogP contribution < -0.4 is 11.1 Å². The van der Waals surface area contributed by atoms with Crippen LogP contribution in [0.5, 0.6) is 0 Å². The van der Waals surface area contributed by atoms with Gasteiger partial charge in [-0.05, 0) is 38.8 Å². The van der Waals surface area contributed by atoms with Crippen LogP contribution in [0.3, 0.4) is 0 Å². The fraction of sp³-hybridized carbons (Fsp3) is 0.400. The molecule has 1 aromatic carbocycles. The minimum atomic E-state index is -0.467. The Balaban J connectivity index is 2.22. The van der Waals surface area contributed by atoms with E-state index in [1.165, 1.54) is 5.56 Å². The van der Waals surface area contributed by atoms with E-state index in [4.69, 9.17) is 5.73 Å². The summed E-state index contributed by atoms with van der Waals surface area (Å²) in [7, 11) is 0. The molecule has 0 aliphatic carbocycles. The van der Waals surface area contributed by atoms with Crippen molar-refractivity contribution in [3.8, 4) is 0 Å². The minimum absolute atomic E-state index is 0.134. The minimum Gasteiger partial charge on any atom is -0.325 e. The van der Waals surface area contributed by atoms with Gasteiger partial charge in [0.25, 0.3) is 0 Å². The topological polar surface area (TPSA) is 85.8 Å². The summed E-state index contributed by atoms with van der Waals surface area (Å²) in [5.74, 6) is -0.134. The lowest BCUT2D eigenvalue weighted by Gasteiger charge is -2.17. The maximum absolute atomic E-state index is 12.4. The quantitative estimate of drug-likeness (QED) is 0.898. The molecule has 2 aromatic rings. The van der Waals surface area contributed by atoms with Crippen LogP contribution in [0.2, 0.25) is 0 Å². The zero-order valence-corrected chi connectivity index (χ0v) is 12.8. The van der Waals surface area contributed by atoms with Crippen molar-refractivity contribution in [1.29, 1.82) is 0 Å². The van der Waals surface area contributed by atoms with Crippen LogP contribution in [-0.2, 0) is 11.3 Å². The number of carbonyl (C=O) groups is 1. The van der Waals surface area contributed by atoms with Gasteiger partial charge in [0, 0.05) is 12.2 Å². The van der Waals surface area contributed by atoms with Gasteiger partial charge in [-0.2, -0.15) is 0 Å². The third-order valence-electron chi connectivity index (χ3n) is 3.53. The highest BCUT2D eigenvalue weighted by atomic mass is 16.2. The highest BCUT2D eigenvalue weighted by molar-refractivity contribution is 5.94. The van der Waals surface area contributed by atoms with E-state index in [0.29, 0.717) is 6.54 Å². The van der Waals surface area contributed by atoms with E-state index in [-0.39, 0.29) is 5.91 Å². The first-order chi connectivity index (χ1) is 9.93. The smallest absolute Gasteiger partial charge is 0.249 e. The second-order valence-electron chi connectivity index (χ2n) is 5.31. The lowest BCUT2D eigenvalue weighted by atomic mass is 10.0. The van der Waals surface area contributed by atoms with Crippen LogP contribution in [0.25, 0.3) is 0 Å². The van der Waals surface area contributed by atoms with Crippen molar-refractivity contribution in [3.63, 3.8) is 0 Å². The first-order valence-electron chi connectivity index (χ1n) is 6.92. The Morgan fingerprint density at radius 2 is 1.95 bits per heavy atom. The molecule has 112 valence electrons. The van der Waals surface area contributed by atoms with Crippen molar-refractivity contribution in [1.82, 2.24) is 15.0 Å². The number of carbonyl (C=O) groups excluding carboxylic acids is 1. The summed E-state index contributed by atoms with van der Waals surface area (Å²) in [6.07, 6.45) is 1.58. The van der Waals surface area contributed by atoms with E-state index < -0.39 is 6.04 Å². The number of benzene rings is 1. The van der Waals surface area contributed by atoms with Crippen LogP contribution in [0, 0.1) is 20.8 Å². The largest absolute Gasteiger partial charge is 0.325 e. The number of rotatable bonds is 4.